The molecule has 1 unspecified atom stereocenters. The molecule has 120 valence electrons. The molecule has 2 heterocycles. The first kappa shape index (κ1) is 15.5. The zero-order valence-corrected chi connectivity index (χ0v) is 14.0. The van der Waals surface area contributed by atoms with Crippen LogP contribution in [0.3, 0.4) is 0 Å². The van der Waals surface area contributed by atoms with Gasteiger partial charge in [-0.2, -0.15) is 4.68 Å². The van der Waals surface area contributed by atoms with Crippen molar-refractivity contribution in [2.24, 2.45) is 0 Å². The van der Waals surface area contributed by atoms with Crippen molar-refractivity contribution in [3.05, 3.63) is 53.0 Å². The third-order valence-corrected chi connectivity index (χ3v) is 4.58. The molecule has 1 aromatic carbocycles. The van der Waals surface area contributed by atoms with Crippen LogP contribution >= 0.6 is 0 Å². The lowest BCUT2D eigenvalue weighted by Crippen LogP contribution is -2.10. The number of aryl methyl sites for hydroxylation is 3. The smallest absolute Gasteiger partial charge is 0.206 e. The molecule has 0 aliphatic carbocycles. The number of rotatable bonds is 5. The van der Waals surface area contributed by atoms with E-state index in [2.05, 4.69) is 20.5 Å². The standard InChI is InChI=1S/C15H17N5O2S/c1-10-5-4-6-11(2)15(10)20-13(17-18-19-20)8-23(21)9-14-16-7-12(3)22-14/h4-7H,8-9H2,1-3H3. The van der Waals surface area contributed by atoms with Crippen LogP contribution in [-0.2, 0) is 22.3 Å². The summed E-state index contributed by atoms with van der Waals surface area (Å²) in [4.78, 5) is 4.08. The fraction of sp³-hybridized carbons (Fsp3) is 0.333. The van der Waals surface area contributed by atoms with Crippen molar-refractivity contribution < 1.29 is 8.63 Å². The largest absolute Gasteiger partial charge is 0.445 e. The van der Waals surface area contributed by atoms with E-state index in [4.69, 9.17) is 4.42 Å². The molecule has 0 radical (unpaired) electrons. The number of hydrogen-bond donors (Lipinski definition) is 0. The van der Waals surface area contributed by atoms with Crippen molar-refractivity contribution in [1.29, 1.82) is 0 Å². The van der Waals surface area contributed by atoms with Gasteiger partial charge in [-0.15, -0.1) is 5.10 Å². The summed E-state index contributed by atoms with van der Waals surface area (Å²) in [5, 5.41) is 11.8. The van der Waals surface area contributed by atoms with Crippen LogP contribution in [0.2, 0.25) is 0 Å². The minimum atomic E-state index is -1.20. The monoisotopic (exact) mass is 331 g/mol. The number of hydrogen-bond acceptors (Lipinski definition) is 6. The van der Waals surface area contributed by atoms with Gasteiger partial charge in [-0.25, -0.2) is 4.98 Å². The minimum absolute atomic E-state index is 0.238. The molecule has 3 aromatic rings. The lowest BCUT2D eigenvalue weighted by Gasteiger charge is -2.10. The van der Waals surface area contributed by atoms with Gasteiger partial charge in [0, 0.05) is 10.8 Å². The number of tetrazole rings is 1. The first-order valence-electron chi connectivity index (χ1n) is 7.14. The molecule has 8 heteroatoms. The van der Waals surface area contributed by atoms with Crippen molar-refractivity contribution >= 4 is 10.8 Å². The van der Waals surface area contributed by atoms with E-state index in [0.29, 0.717) is 17.5 Å². The first-order valence-corrected chi connectivity index (χ1v) is 8.63. The summed E-state index contributed by atoms with van der Waals surface area (Å²) in [7, 11) is -1.20. The number of oxazole rings is 1. The zero-order valence-electron chi connectivity index (χ0n) is 13.2. The predicted molar refractivity (Wildman–Crippen MR) is 85.4 cm³/mol. The Balaban J connectivity index is 1.83. The zero-order chi connectivity index (χ0) is 16.4. The molecule has 0 saturated heterocycles. The Morgan fingerprint density at radius 1 is 1.17 bits per heavy atom. The topological polar surface area (TPSA) is 86.7 Å². The average Bonchev–Trinajstić information content (AvgIpc) is 3.09. The highest BCUT2D eigenvalue weighted by Crippen LogP contribution is 2.19. The predicted octanol–water partition coefficient (Wildman–Crippen LogP) is 2.02. The van der Waals surface area contributed by atoms with Crippen molar-refractivity contribution in [2.45, 2.75) is 32.3 Å². The van der Waals surface area contributed by atoms with Gasteiger partial charge in [-0.1, -0.05) is 18.2 Å². The highest BCUT2D eigenvalue weighted by Gasteiger charge is 2.16. The van der Waals surface area contributed by atoms with E-state index in [1.165, 1.54) is 0 Å². The van der Waals surface area contributed by atoms with Crippen LogP contribution in [0, 0.1) is 20.8 Å². The van der Waals surface area contributed by atoms with Gasteiger partial charge in [-0.05, 0) is 42.3 Å². The van der Waals surface area contributed by atoms with Gasteiger partial charge in [0.15, 0.2) is 5.82 Å². The minimum Gasteiger partial charge on any atom is -0.445 e. The maximum Gasteiger partial charge on any atom is 0.206 e. The second-order valence-electron chi connectivity index (χ2n) is 5.34. The Hall–Kier alpha value is -2.35. The van der Waals surface area contributed by atoms with Crippen LogP contribution in [0.4, 0.5) is 0 Å². The van der Waals surface area contributed by atoms with Crippen molar-refractivity contribution in [3.8, 4) is 5.69 Å². The van der Waals surface area contributed by atoms with Gasteiger partial charge in [0.25, 0.3) is 0 Å². The highest BCUT2D eigenvalue weighted by atomic mass is 32.2. The van der Waals surface area contributed by atoms with E-state index in [-0.39, 0.29) is 11.5 Å². The summed E-state index contributed by atoms with van der Waals surface area (Å²) in [6.45, 7) is 5.81. The van der Waals surface area contributed by atoms with Gasteiger partial charge in [-0.3, -0.25) is 4.21 Å². The molecule has 0 aliphatic heterocycles. The Bertz CT molecular complexity index is 835. The average molecular weight is 331 g/mol. The molecule has 0 aliphatic rings. The Morgan fingerprint density at radius 3 is 2.57 bits per heavy atom. The van der Waals surface area contributed by atoms with E-state index < -0.39 is 10.8 Å². The lowest BCUT2D eigenvalue weighted by molar-refractivity contribution is 0.488. The van der Waals surface area contributed by atoms with Crippen LogP contribution in [-0.4, -0.2) is 29.4 Å². The van der Waals surface area contributed by atoms with Crippen molar-refractivity contribution in [2.75, 3.05) is 0 Å². The molecule has 0 amide bonds. The Kier molecular flexibility index (Phi) is 4.33. The quantitative estimate of drug-likeness (QED) is 0.711. The van der Waals surface area contributed by atoms with Crippen LogP contribution in [0.1, 0.15) is 28.6 Å². The maximum absolute atomic E-state index is 12.3. The van der Waals surface area contributed by atoms with Crippen LogP contribution in [0.25, 0.3) is 5.69 Å². The second kappa shape index (κ2) is 6.41. The highest BCUT2D eigenvalue weighted by molar-refractivity contribution is 7.83. The summed E-state index contributed by atoms with van der Waals surface area (Å²) in [6, 6.07) is 5.99. The second-order valence-corrected chi connectivity index (χ2v) is 6.80. The maximum atomic E-state index is 12.3. The molecule has 7 nitrogen and oxygen atoms in total. The van der Waals surface area contributed by atoms with Gasteiger partial charge in [0.2, 0.25) is 5.89 Å². The van der Waals surface area contributed by atoms with Crippen LogP contribution in [0.5, 0.6) is 0 Å². The van der Waals surface area contributed by atoms with Gasteiger partial charge in [0.1, 0.15) is 11.5 Å². The lowest BCUT2D eigenvalue weighted by atomic mass is 10.1. The molecule has 23 heavy (non-hydrogen) atoms. The summed E-state index contributed by atoms with van der Waals surface area (Å²) in [5.41, 5.74) is 3.05. The van der Waals surface area contributed by atoms with Crippen LogP contribution < -0.4 is 0 Å². The molecule has 2 aromatic heterocycles. The first-order chi connectivity index (χ1) is 11.0. The molecule has 0 fully saturated rings. The molecule has 0 spiro atoms. The molecule has 0 saturated carbocycles. The van der Waals surface area contributed by atoms with Crippen molar-refractivity contribution in [1.82, 2.24) is 25.2 Å². The van der Waals surface area contributed by atoms with Gasteiger partial charge < -0.3 is 4.42 Å². The number of nitrogens with zero attached hydrogens (tertiary/aromatic N) is 5. The van der Waals surface area contributed by atoms with E-state index in [0.717, 1.165) is 16.8 Å². The van der Waals surface area contributed by atoms with E-state index in [9.17, 15) is 4.21 Å². The summed E-state index contributed by atoms with van der Waals surface area (Å²) >= 11 is 0. The van der Waals surface area contributed by atoms with Gasteiger partial charge >= 0.3 is 0 Å². The molecule has 0 N–H and O–H groups in total. The van der Waals surface area contributed by atoms with E-state index >= 15 is 0 Å². The van der Waals surface area contributed by atoms with E-state index in [1.54, 1.807) is 17.8 Å². The summed E-state index contributed by atoms with van der Waals surface area (Å²) < 4.78 is 19.4. The summed E-state index contributed by atoms with van der Waals surface area (Å²) in [5.74, 6) is 2.21. The molecule has 0 bridgehead atoms. The molecular formula is C15H17N5O2S. The van der Waals surface area contributed by atoms with Gasteiger partial charge in [0.05, 0.1) is 17.6 Å². The van der Waals surface area contributed by atoms with E-state index in [1.807, 2.05) is 32.0 Å². The number of aromatic nitrogens is 5. The fourth-order valence-corrected chi connectivity index (χ4v) is 3.39. The number of benzene rings is 1. The normalized spacial score (nSPS) is 12.5. The Labute approximate surface area is 136 Å². The number of para-hydroxylation sites is 1. The van der Waals surface area contributed by atoms with Crippen LogP contribution in [0.15, 0.2) is 28.8 Å². The third-order valence-electron chi connectivity index (χ3n) is 3.43. The molecular weight excluding hydrogens is 314 g/mol. The third kappa shape index (κ3) is 3.37. The molecule has 1 atom stereocenters. The molecule has 3 rings (SSSR count). The summed E-state index contributed by atoms with van der Waals surface area (Å²) in [6.07, 6.45) is 1.62. The fourth-order valence-electron chi connectivity index (χ4n) is 2.41. The van der Waals surface area contributed by atoms with Crippen molar-refractivity contribution in [3.63, 3.8) is 0 Å². The SMILES string of the molecule is Cc1cnc(CS(=O)Cc2nnnn2-c2c(C)cccc2C)o1. The Morgan fingerprint density at radius 2 is 1.91 bits per heavy atom.